The molecule has 2 aromatic carbocycles. The number of allylic oxidation sites excluding steroid dienone is 1. The van der Waals surface area contributed by atoms with Crippen molar-refractivity contribution >= 4 is 0 Å². The zero-order valence-corrected chi connectivity index (χ0v) is 17.0. The summed E-state index contributed by atoms with van der Waals surface area (Å²) in [6.45, 7) is 5.53. The van der Waals surface area contributed by atoms with Crippen molar-refractivity contribution in [3.8, 4) is 28.7 Å². The lowest BCUT2D eigenvalue weighted by atomic mass is 10.0. The van der Waals surface area contributed by atoms with Crippen molar-refractivity contribution in [3.05, 3.63) is 54.1 Å². The molecule has 2 rings (SSSR count). The summed E-state index contributed by atoms with van der Waals surface area (Å²) in [6.07, 6.45) is 1.00. The summed E-state index contributed by atoms with van der Waals surface area (Å²) in [5, 5.41) is 10.8. The predicted octanol–water partition coefficient (Wildman–Crippen LogP) is 3.95. The number of benzene rings is 2. The molecule has 0 aliphatic rings. The molecule has 0 aromatic heterocycles. The molecule has 0 radical (unpaired) electrons. The topological polar surface area (TPSA) is 66.4 Å². The normalized spacial score (nSPS) is 12.6. The molecule has 0 aliphatic heterocycles. The van der Waals surface area contributed by atoms with Crippen LogP contribution in [0.3, 0.4) is 0 Å². The highest BCUT2D eigenvalue weighted by Gasteiger charge is 2.23. The van der Waals surface area contributed by atoms with E-state index in [1.165, 1.54) is 0 Å². The minimum Gasteiger partial charge on any atom is -0.493 e. The van der Waals surface area contributed by atoms with Crippen LogP contribution in [0.5, 0.6) is 28.7 Å². The first-order valence-corrected chi connectivity index (χ1v) is 8.91. The fourth-order valence-corrected chi connectivity index (χ4v) is 2.89. The first-order valence-electron chi connectivity index (χ1n) is 8.91. The van der Waals surface area contributed by atoms with Crippen molar-refractivity contribution in [3.63, 3.8) is 0 Å². The number of rotatable bonds is 10. The third kappa shape index (κ3) is 4.70. The van der Waals surface area contributed by atoms with Crippen LogP contribution in [0.2, 0.25) is 0 Å². The van der Waals surface area contributed by atoms with Gasteiger partial charge in [-0.3, -0.25) is 0 Å². The second-order valence-corrected chi connectivity index (χ2v) is 6.20. The van der Waals surface area contributed by atoms with Crippen molar-refractivity contribution in [2.24, 2.45) is 0 Å². The lowest BCUT2D eigenvalue weighted by molar-refractivity contribution is 0.0433. The highest BCUT2D eigenvalue weighted by Crippen LogP contribution is 2.41. The number of aliphatic hydroxyl groups is 1. The summed E-state index contributed by atoms with van der Waals surface area (Å²) in [4.78, 5) is 0. The monoisotopic (exact) mass is 388 g/mol. The van der Waals surface area contributed by atoms with E-state index in [0.717, 1.165) is 5.56 Å². The largest absolute Gasteiger partial charge is 0.493 e. The lowest BCUT2D eigenvalue weighted by Gasteiger charge is -2.24. The van der Waals surface area contributed by atoms with Gasteiger partial charge in [0.1, 0.15) is 12.2 Å². The molecule has 152 valence electrons. The number of methoxy groups -OCH3 is 4. The van der Waals surface area contributed by atoms with E-state index in [0.29, 0.717) is 40.7 Å². The predicted molar refractivity (Wildman–Crippen MR) is 108 cm³/mol. The first-order chi connectivity index (χ1) is 13.5. The van der Waals surface area contributed by atoms with Crippen molar-refractivity contribution in [1.29, 1.82) is 0 Å². The molecule has 0 fully saturated rings. The van der Waals surface area contributed by atoms with Crippen LogP contribution in [0.25, 0.3) is 0 Å². The molecular formula is C22H28O6. The van der Waals surface area contributed by atoms with E-state index in [4.69, 9.17) is 23.7 Å². The quantitative estimate of drug-likeness (QED) is 0.622. The van der Waals surface area contributed by atoms with Gasteiger partial charge in [-0.2, -0.15) is 0 Å². The van der Waals surface area contributed by atoms with Gasteiger partial charge in [0.2, 0.25) is 5.75 Å². The van der Waals surface area contributed by atoms with Crippen molar-refractivity contribution in [1.82, 2.24) is 0 Å². The van der Waals surface area contributed by atoms with E-state index in [9.17, 15) is 5.11 Å². The van der Waals surface area contributed by atoms with Crippen molar-refractivity contribution in [2.75, 3.05) is 28.4 Å². The highest BCUT2D eigenvalue weighted by atomic mass is 16.5. The average molecular weight is 388 g/mol. The van der Waals surface area contributed by atoms with Crippen molar-refractivity contribution in [2.45, 2.75) is 25.6 Å². The van der Waals surface area contributed by atoms with E-state index in [2.05, 4.69) is 6.58 Å². The molecule has 6 nitrogen and oxygen atoms in total. The second-order valence-electron chi connectivity index (χ2n) is 6.20. The minimum absolute atomic E-state index is 0.435. The van der Waals surface area contributed by atoms with E-state index in [1.54, 1.807) is 59.6 Å². The van der Waals surface area contributed by atoms with Crippen LogP contribution in [0.4, 0.5) is 0 Å². The number of aliphatic hydroxyl groups excluding tert-OH is 1. The van der Waals surface area contributed by atoms with Crippen LogP contribution in [0.15, 0.2) is 43.0 Å². The molecule has 2 atom stereocenters. The minimum atomic E-state index is -0.901. The molecule has 6 heteroatoms. The zero-order chi connectivity index (χ0) is 20.7. The Labute approximate surface area is 166 Å². The zero-order valence-electron chi connectivity index (χ0n) is 17.0. The molecule has 28 heavy (non-hydrogen) atoms. The summed E-state index contributed by atoms with van der Waals surface area (Å²) in [6, 6.07) is 8.98. The van der Waals surface area contributed by atoms with Gasteiger partial charge in [-0.1, -0.05) is 12.1 Å². The van der Waals surface area contributed by atoms with Crippen LogP contribution >= 0.6 is 0 Å². The molecule has 0 aliphatic carbocycles. The van der Waals surface area contributed by atoms with Gasteiger partial charge in [-0.05, 0) is 48.7 Å². The Bertz CT molecular complexity index is 777. The molecule has 1 N–H and O–H groups in total. The molecule has 2 aromatic rings. The maximum absolute atomic E-state index is 10.8. The van der Waals surface area contributed by atoms with Crippen LogP contribution < -0.4 is 23.7 Å². The molecule has 0 unspecified atom stereocenters. The Morgan fingerprint density at radius 3 is 1.96 bits per heavy atom. The maximum Gasteiger partial charge on any atom is 0.203 e. The van der Waals surface area contributed by atoms with Gasteiger partial charge in [-0.25, -0.2) is 0 Å². The molecule has 0 spiro atoms. The molecule has 0 saturated heterocycles. The molecule has 0 amide bonds. The van der Waals surface area contributed by atoms with Gasteiger partial charge >= 0.3 is 0 Å². The van der Waals surface area contributed by atoms with E-state index in [1.807, 2.05) is 12.1 Å². The second kappa shape index (κ2) is 9.90. The maximum atomic E-state index is 10.8. The SMILES string of the molecule is C=CCc1cc(OC)c(O[C@H](C)[C@H](O)c2ccc(OC)c(OC)c2)c(OC)c1. The van der Waals surface area contributed by atoms with E-state index in [-0.39, 0.29) is 0 Å². The molecule has 0 bridgehead atoms. The fraction of sp³-hybridized carbons (Fsp3) is 0.364. The number of hydrogen-bond acceptors (Lipinski definition) is 6. The Hall–Kier alpha value is -2.86. The molecule has 0 saturated carbocycles. The molecular weight excluding hydrogens is 360 g/mol. The number of ether oxygens (including phenoxy) is 5. The Morgan fingerprint density at radius 2 is 1.46 bits per heavy atom. The summed E-state index contributed by atoms with van der Waals surface area (Å²) >= 11 is 0. The Balaban J connectivity index is 2.30. The van der Waals surface area contributed by atoms with Crippen LogP contribution in [0.1, 0.15) is 24.2 Å². The van der Waals surface area contributed by atoms with E-state index >= 15 is 0 Å². The van der Waals surface area contributed by atoms with Gasteiger partial charge in [-0.15, -0.1) is 6.58 Å². The molecule has 0 heterocycles. The smallest absolute Gasteiger partial charge is 0.203 e. The Morgan fingerprint density at radius 1 is 0.893 bits per heavy atom. The summed E-state index contributed by atoms with van der Waals surface area (Å²) in [5.41, 5.74) is 1.63. The highest BCUT2D eigenvalue weighted by molar-refractivity contribution is 5.54. The van der Waals surface area contributed by atoms with Gasteiger partial charge in [0.25, 0.3) is 0 Å². The summed E-state index contributed by atoms with van der Waals surface area (Å²) in [5.74, 6) is 2.62. The van der Waals surface area contributed by atoms with Crippen molar-refractivity contribution < 1.29 is 28.8 Å². The van der Waals surface area contributed by atoms with E-state index < -0.39 is 12.2 Å². The van der Waals surface area contributed by atoms with Crippen LogP contribution in [-0.4, -0.2) is 39.6 Å². The van der Waals surface area contributed by atoms with Crippen LogP contribution in [0, 0.1) is 0 Å². The average Bonchev–Trinajstić information content (AvgIpc) is 2.73. The summed E-state index contributed by atoms with van der Waals surface area (Å²) < 4.78 is 27.5. The van der Waals surface area contributed by atoms with Gasteiger partial charge in [0.05, 0.1) is 28.4 Å². The third-order valence-electron chi connectivity index (χ3n) is 4.40. The van der Waals surface area contributed by atoms with Gasteiger partial charge in [0.15, 0.2) is 23.0 Å². The third-order valence-corrected chi connectivity index (χ3v) is 4.40. The standard InChI is InChI=1S/C22H28O6/c1-7-8-15-11-19(26-5)22(20(12-15)27-6)28-14(2)21(23)16-9-10-17(24-3)18(13-16)25-4/h7,9-14,21,23H,1,8H2,2-6H3/t14-,21+/m1/s1. The Kier molecular flexibility index (Phi) is 7.58. The lowest BCUT2D eigenvalue weighted by Crippen LogP contribution is -2.22. The first kappa shape index (κ1) is 21.4. The summed E-state index contributed by atoms with van der Waals surface area (Å²) in [7, 11) is 6.24. The fourth-order valence-electron chi connectivity index (χ4n) is 2.89. The van der Waals surface area contributed by atoms with Crippen LogP contribution in [-0.2, 0) is 6.42 Å². The van der Waals surface area contributed by atoms with Gasteiger partial charge < -0.3 is 28.8 Å². The van der Waals surface area contributed by atoms with Gasteiger partial charge in [0, 0.05) is 0 Å². The number of hydrogen-bond donors (Lipinski definition) is 1.